The summed E-state index contributed by atoms with van der Waals surface area (Å²) >= 11 is 6.73. The van der Waals surface area contributed by atoms with Crippen molar-refractivity contribution in [1.29, 1.82) is 0 Å². The van der Waals surface area contributed by atoms with Crippen molar-refractivity contribution in [1.82, 2.24) is 0 Å². The lowest BCUT2D eigenvalue weighted by atomic mass is 10.1. The van der Waals surface area contributed by atoms with E-state index in [0.717, 1.165) is 16.1 Å². The van der Waals surface area contributed by atoms with Crippen molar-refractivity contribution in [3.63, 3.8) is 0 Å². The highest BCUT2D eigenvalue weighted by atomic mass is 79.9. The molecule has 0 spiro atoms. The molecule has 3 N–H and O–H groups in total. The highest BCUT2D eigenvalue weighted by Crippen LogP contribution is 2.32. The van der Waals surface area contributed by atoms with E-state index in [1.54, 1.807) is 36.4 Å². The van der Waals surface area contributed by atoms with E-state index in [1.165, 1.54) is 25.3 Å². The zero-order valence-corrected chi connectivity index (χ0v) is 25.6. The van der Waals surface area contributed by atoms with Crippen molar-refractivity contribution in [2.24, 2.45) is 0 Å². The molecule has 0 radical (unpaired) electrons. The fourth-order valence-electron chi connectivity index (χ4n) is 3.24. The maximum Gasteiger partial charge on any atom is 0.345 e. The number of nitro benzene ring substituents is 1. The Morgan fingerprint density at radius 3 is 1.63 bits per heavy atom. The summed E-state index contributed by atoms with van der Waals surface area (Å²) in [7, 11) is 2.50. The minimum absolute atomic E-state index is 0. The summed E-state index contributed by atoms with van der Waals surface area (Å²) in [5.74, 6) is 0.840. The van der Waals surface area contributed by atoms with Crippen LogP contribution in [0.2, 0.25) is 0 Å². The van der Waals surface area contributed by atoms with Crippen molar-refractivity contribution in [2.45, 2.75) is 0 Å². The van der Waals surface area contributed by atoms with E-state index in [0.29, 0.717) is 34.2 Å². The van der Waals surface area contributed by atoms with Gasteiger partial charge in [-0.2, -0.15) is 0 Å². The topological polar surface area (TPSA) is 142 Å². The van der Waals surface area contributed by atoms with E-state index in [1.807, 2.05) is 30.3 Å². The molecule has 13 heteroatoms. The van der Waals surface area contributed by atoms with Crippen molar-refractivity contribution < 1.29 is 51.6 Å². The Kier molecular flexibility index (Phi) is 12.7. The van der Waals surface area contributed by atoms with Crippen LogP contribution < -0.4 is 27.6 Å². The van der Waals surface area contributed by atoms with Crippen LogP contribution in [0.1, 0.15) is 20.7 Å². The van der Waals surface area contributed by atoms with Crippen LogP contribution >= 0.6 is 31.9 Å². The van der Waals surface area contributed by atoms with Gasteiger partial charge in [-0.25, -0.2) is 9.59 Å². The van der Waals surface area contributed by atoms with Gasteiger partial charge in [0.05, 0.1) is 28.1 Å². The third kappa shape index (κ3) is 9.02. The number of hydrogen-bond acceptors (Lipinski definition) is 8. The van der Waals surface area contributed by atoms with Crippen LogP contribution in [0.25, 0.3) is 0 Å². The van der Waals surface area contributed by atoms with Crippen LogP contribution in [0.4, 0.5) is 11.4 Å². The van der Waals surface area contributed by atoms with Crippen LogP contribution in [0, 0.1) is 10.1 Å². The Balaban J connectivity index is 0.000000281. The lowest BCUT2D eigenvalue weighted by Crippen LogP contribution is -3.00. The normalized spacial score (nSPS) is 9.78. The van der Waals surface area contributed by atoms with Gasteiger partial charge in [0.15, 0.2) is 0 Å². The van der Waals surface area contributed by atoms with E-state index < -0.39 is 16.9 Å². The van der Waals surface area contributed by atoms with Gasteiger partial charge in [-0.05, 0) is 68.3 Å². The summed E-state index contributed by atoms with van der Waals surface area (Å²) in [5, 5.41) is 10.9. The Bertz CT molecular complexity index is 1550. The van der Waals surface area contributed by atoms with E-state index in [4.69, 9.17) is 14.2 Å². The predicted molar refractivity (Wildman–Crippen MR) is 153 cm³/mol. The molecule has 4 aromatic carbocycles. The highest BCUT2D eigenvalue weighted by molar-refractivity contribution is 9.10. The molecule has 0 bridgehead atoms. The van der Waals surface area contributed by atoms with Gasteiger partial charge in [0.25, 0.3) is 5.69 Å². The zero-order valence-electron chi connectivity index (χ0n) is 21.6. The number of carbonyl (C=O) groups excluding carboxylic acids is 2. The van der Waals surface area contributed by atoms with Gasteiger partial charge < -0.3 is 37.1 Å². The molecule has 4 aromatic rings. The standard InChI is InChI=1S/C14H10BrNO5.C14H12BrNO3.ClH/c1-20-14(17)10-8-9(6-7-12(10)16(18)19)21-13-5-3-2-4-11(13)15;1-18-14(17)10-8-9(6-7-12(10)16)19-13-5-3-2-4-11(13)15;/h2-8H,1H3;2-8H,16H2,1H3;1H. The average Bonchev–Trinajstić information content (AvgIpc) is 2.95. The third-order valence-electron chi connectivity index (χ3n) is 5.19. The van der Waals surface area contributed by atoms with Gasteiger partial charge in [-0.15, -0.1) is 0 Å². The monoisotopic (exact) mass is 708 g/mol. The fraction of sp³-hybridized carbons (Fsp3) is 0.0714. The number of hydrogen-bond donors (Lipinski definition) is 1. The maximum absolute atomic E-state index is 11.6. The molecule has 0 heterocycles. The summed E-state index contributed by atoms with van der Waals surface area (Å²) in [6.07, 6.45) is 0. The molecule has 0 aliphatic carbocycles. The van der Waals surface area contributed by atoms with E-state index in [2.05, 4.69) is 42.3 Å². The number of nitrogens with zero attached hydrogens (tertiary/aromatic N) is 1. The van der Waals surface area contributed by atoms with Crippen LogP contribution in [-0.4, -0.2) is 31.1 Å². The van der Waals surface area contributed by atoms with Gasteiger partial charge in [-0.1, -0.05) is 24.3 Å². The van der Waals surface area contributed by atoms with Gasteiger partial charge >= 0.3 is 11.9 Å². The lowest BCUT2D eigenvalue weighted by Gasteiger charge is -2.09. The molecular weight excluding hydrogens is 688 g/mol. The molecule has 41 heavy (non-hydrogen) atoms. The molecule has 0 aliphatic heterocycles. The SMILES string of the molecule is COC(=O)c1cc(Oc2ccccc2Br)ccc1[N+](=O)[O-].COC(=O)c1cc(Oc2ccccc2Br)ccc1[NH3+].[Cl-]. The third-order valence-corrected chi connectivity index (χ3v) is 6.50. The van der Waals surface area contributed by atoms with Gasteiger partial charge in [0, 0.05) is 24.3 Å². The first kappa shape index (κ1) is 33.2. The first-order valence-corrected chi connectivity index (χ1v) is 13.0. The number of para-hydroxylation sites is 2. The Morgan fingerprint density at radius 1 is 0.732 bits per heavy atom. The van der Waals surface area contributed by atoms with Gasteiger partial charge in [-0.3, -0.25) is 10.1 Å². The Labute approximate surface area is 258 Å². The number of methoxy groups -OCH3 is 2. The molecule has 4 rings (SSSR count). The van der Waals surface area contributed by atoms with Crippen LogP contribution in [-0.2, 0) is 9.47 Å². The second-order valence-corrected chi connectivity index (χ2v) is 9.51. The van der Waals surface area contributed by atoms with Gasteiger partial charge in [0.1, 0.15) is 39.8 Å². The molecule has 0 aliphatic rings. The summed E-state index contributed by atoms with van der Waals surface area (Å²) in [6, 6.07) is 23.6. The molecule has 0 amide bonds. The maximum atomic E-state index is 11.6. The van der Waals surface area contributed by atoms with Crippen molar-refractivity contribution in [3.05, 3.63) is 115 Å². The van der Waals surface area contributed by atoms with Gasteiger partial charge in [0.2, 0.25) is 0 Å². The van der Waals surface area contributed by atoms with Crippen molar-refractivity contribution in [2.75, 3.05) is 14.2 Å². The first-order valence-electron chi connectivity index (χ1n) is 11.4. The number of carbonyl (C=O) groups is 2. The molecule has 214 valence electrons. The Morgan fingerprint density at radius 2 is 1.17 bits per heavy atom. The first-order chi connectivity index (χ1) is 19.1. The largest absolute Gasteiger partial charge is 1.00 e. The highest BCUT2D eigenvalue weighted by Gasteiger charge is 2.22. The van der Waals surface area contributed by atoms with Crippen LogP contribution in [0.5, 0.6) is 23.0 Å². The lowest BCUT2D eigenvalue weighted by molar-refractivity contribution is -0.385. The van der Waals surface area contributed by atoms with Crippen molar-refractivity contribution in [3.8, 4) is 23.0 Å². The van der Waals surface area contributed by atoms with Crippen LogP contribution in [0.3, 0.4) is 0 Å². The quantitative estimate of drug-likeness (QED) is 0.173. The molecule has 0 aromatic heterocycles. The smallest absolute Gasteiger partial charge is 0.345 e. The minimum atomic E-state index is -0.792. The second-order valence-electron chi connectivity index (χ2n) is 7.80. The molecule has 10 nitrogen and oxygen atoms in total. The number of rotatable bonds is 7. The number of ether oxygens (including phenoxy) is 4. The second kappa shape index (κ2) is 15.7. The van der Waals surface area contributed by atoms with Crippen LogP contribution in [0.15, 0.2) is 93.9 Å². The molecule has 0 saturated carbocycles. The number of benzene rings is 4. The summed E-state index contributed by atoms with van der Waals surface area (Å²) in [4.78, 5) is 33.5. The molecule has 0 saturated heterocycles. The molecule has 0 fully saturated rings. The molecule has 0 unspecified atom stereocenters. The molecule has 0 atom stereocenters. The number of halogens is 3. The number of nitro groups is 1. The number of esters is 2. The summed E-state index contributed by atoms with van der Waals surface area (Å²) in [5.41, 5.74) is 4.30. The van der Waals surface area contributed by atoms with E-state index >= 15 is 0 Å². The Hall–Kier alpha value is -3.97. The van der Waals surface area contributed by atoms with E-state index in [-0.39, 0.29) is 23.7 Å². The fourth-order valence-corrected chi connectivity index (χ4v) is 3.97. The minimum Gasteiger partial charge on any atom is -1.00 e. The zero-order chi connectivity index (χ0) is 29.2. The van der Waals surface area contributed by atoms with Crippen molar-refractivity contribution >= 4 is 55.2 Å². The van der Waals surface area contributed by atoms with E-state index in [9.17, 15) is 19.7 Å². The summed E-state index contributed by atoms with van der Waals surface area (Å²) < 4.78 is 22.1. The molecular formula is C28H23Br2ClN2O8. The average molecular weight is 711 g/mol. The number of quaternary nitrogens is 1. The summed E-state index contributed by atoms with van der Waals surface area (Å²) in [6.45, 7) is 0. The predicted octanol–water partition coefficient (Wildman–Crippen LogP) is 3.84.